The number of aromatic nitrogens is 2. The van der Waals surface area contributed by atoms with E-state index < -0.39 is 0 Å². The Balaban J connectivity index is 1.70. The normalized spacial score (nSPS) is 24.4. The zero-order valence-corrected chi connectivity index (χ0v) is 11.8. The lowest BCUT2D eigenvalue weighted by atomic mass is 10.2. The van der Waals surface area contributed by atoms with Crippen molar-refractivity contribution in [2.75, 3.05) is 13.1 Å². The number of nitrogens with one attached hydrogen (secondary N) is 1. The number of hydrogen-bond acceptors (Lipinski definition) is 3. The van der Waals surface area contributed by atoms with Gasteiger partial charge in [0.25, 0.3) is 0 Å². The van der Waals surface area contributed by atoms with E-state index >= 15 is 0 Å². The molecule has 1 fully saturated rings. The molecule has 1 aromatic rings. The standard InChI is InChI=1S/C12H20BrN3O/c1-2-5-14-7-11-3-4-12(17-11)9-16-8-10(13)6-15-16/h6,8,11-12,14H,2-5,7,9H2,1H3. The van der Waals surface area contributed by atoms with Crippen molar-refractivity contribution in [2.24, 2.45) is 0 Å². The molecule has 1 aliphatic rings. The van der Waals surface area contributed by atoms with Crippen LogP contribution in [0.2, 0.25) is 0 Å². The predicted octanol–water partition coefficient (Wildman–Crippen LogP) is 2.19. The second-order valence-corrected chi connectivity index (χ2v) is 5.46. The SMILES string of the molecule is CCCNCC1CCC(Cn2cc(Br)cn2)O1. The van der Waals surface area contributed by atoms with Crippen molar-refractivity contribution < 1.29 is 4.74 Å². The maximum absolute atomic E-state index is 5.98. The molecule has 17 heavy (non-hydrogen) atoms. The quantitative estimate of drug-likeness (QED) is 0.819. The summed E-state index contributed by atoms with van der Waals surface area (Å²) in [5.74, 6) is 0. The maximum atomic E-state index is 5.98. The summed E-state index contributed by atoms with van der Waals surface area (Å²) in [5.41, 5.74) is 0. The molecular weight excluding hydrogens is 282 g/mol. The molecule has 1 aliphatic heterocycles. The molecule has 1 aromatic heterocycles. The summed E-state index contributed by atoms with van der Waals surface area (Å²) in [6, 6.07) is 0. The fraction of sp³-hybridized carbons (Fsp3) is 0.750. The van der Waals surface area contributed by atoms with Crippen LogP contribution < -0.4 is 5.32 Å². The van der Waals surface area contributed by atoms with Gasteiger partial charge >= 0.3 is 0 Å². The lowest BCUT2D eigenvalue weighted by molar-refractivity contribution is 0.0343. The zero-order valence-electron chi connectivity index (χ0n) is 10.2. The van der Waals surface area contributed by atoms with E-state index in [0.29, 0.717) is 12.2 Å². The monoisotopic (exact) mass is 301 g/mol. The van der Waals surface area contributed by atoms with Crippen molar-refractivity contribution in [1.82, 2.24) is 15.1 Å². The Bertz CT molecular complexity index is 342. The third-order valence-corrected chi connectivity index (χ3v) is 3.40. The van der Waals surface area contributed by atoms with Gasteiger partial charge < -0.3 is 10.1 Å². The summed E-state index contributed by atoms with van der Waals surface area (Å²) in [6.07, 6.45) is 7.97. The van der Waals surface area contributed by atoms with Crippen LogP contribution in [0.3, 0.4) is 0 Å². The highest BCUT2D eigenvalue weighted by Gasteiger charge is 2.25. The van der Waals surface area contributed by atoms with E-state index in [1.54, 1.807) is 0 Å². The Morgan fingerprint density at radius 2 is 2.35 bits per heavy atom. The molecule has 2 atom stereocenters. The van der Waals surface area contributed by atoms with Crippen LogP contribution in [0, 0.1) is 0 Å². The Kier molecular flexibility index (Phi) is 5.00. The van der Waals surface area contributed by atoms with E-state index in [1.807, 2.05) is 17.1 Å². The highest BCUT2D eigenvalue weighted by atomic mass is 79.9. The number of ether oxygens (including phenoxy) is 1. The molecule has 5 heteroatoms. The molecule has 0 saturated carbocycles. The maximum Gasteiger partial charge on any atom is 0.0776 e. The van der Waals surface area contributed by atoms with E-state index in [2.05, 4.69) is 33.3 Å². The smallest absolute Gasteiger partial charge is 0.0776 e. The van der Waals surface area contributed by atoms with E-state index in [0.717, 1.165) is 36.9 Å². The van der Waals surface area contributed by atoms with Crippen molar-refractivity contribution in [3.8, 4) is 0 Å². The first-order chi connectivity index (χ1) is 8.28. The number of rotatable bonds is 6. The highest BCUT2D eigenvalue weighted by molar-refractivity contribution is 9.10. The second-order valence-electron chi connectivity index (χ2n) is 4.54. The first-order valence-electron chi connectivity index (χ1n) is 6.32. The van der Waals surface area contributed by atoms with Gasteiger partial charge in [0.05, 0.1) is 29.4 Å². The molecule has 2 heterocycles. The Hall–Kier alpha value is -0.390. The topological polar surface area (TPSA) is 39.1 Å². The average Bonchev–Trinajstić information content (AvgIpc) is 2.90. The van der Waals surface area contributed by atoms with Crippen LogP contribution >= 0.6 is 15.9 Å². The summed E-state index contributed by atoms with van der Waals surface area (Å²) in [6.45, 7) is 5.10. The van der Waals surface area contributed by atoms with Gasteiger partial charge in [0.15, 0.2) is 0 Å². The minimum atomic E-state index is 0.315. The van der Waals surface area contributed by atoms with Crippen molar-refractivity contribution in [3.63, 3.8) is 0 Å². The Morgan fingerprint density at radius 3 is 3.06 bits per heavy atom. The van der Waals surface area contributed by atoms with Gasteiger partial charge in [0.1, 0.15) is 0 Å². The van der Waals surface area contributed by atoms with Gasteiger partial charge in [0, 0.05) is 12.7 Å². The molecule has 0 radical (unpaired) electrons. The van der Waals surface area contributed by atoms with Crippen molar-refractivity contribution in [2.45, 2.75) is 44.9 Å². The number of halogens is 1. The largest absolute Gasteiger partial charge is 0.372 e. The van der Waals surface area contributed by atoms with Crippen LogP contribution in [0.5, 0.6) is 0 Å². The second kappa shape index (κ2) is 6.52. The molecule has 0 amide bonds. The molecule has 4 nitrogen and oxygen atoms in total. The van der Waals surface area contributed by atoms with Gasteiger partial charge in [-0.25, -0.2) is 0 Å². The van der Waals surface area contributed by atoms with E-state index in [9.17, 15) is 0 Å². The molecule has 96 valence electrons. The first-order valence-corrected chi connectivity index (χ1v) is 7.11. The van der Waals surface area contributed by atoms with Crippen molar-refractivity contribution in [1.29, 1.82) is 0 Å². The molecule has 0 aromatic carbocycles. The molecule has 0 aliphatic carbocycles. The minimum absolute atomic E-state index is 0.315. The molecular formula is C12H20BrN3O. The third kappa shape index (κ3) is 4.08. The third-order valence-electron chi connectivity index (χ3n) is 2.99. The Morgan fingerprint density at radius 1 is 1.53 bits per heavy atom. The van der Waals surface area contributed by atoms with E-state index in [-0.39, 0.29) is 0 Å². The highest BCUT2D eigenvalue weighted by Crippen LogP contribution is 2.21. The fourth-order valence-electron chi connectivity index (χ4n) is 2.15. The van der Waals surface area contributed by atoms with Gasteiger partial charge in [-0.05, 0) is 41.7 Å². The van der Waals surface area contributed by atoms with Crippen LogP contribution in [-0.4, -0.2) is 35.1 Å². The van der Waals surface area contributed by atoms with Crippen molar-refractivity contribution >= 4 is 15.9 Å². The van der Waals surface area contributed by atoms with Crippen LogP contribution in [-0.2, 0) is 11.3 Å². The summed E-state index contributed by atoms with van der Waals surface area (Å²) < 4.78 is 8.95. The summed E-state index contributed by atoms with van der Waals surface area (Å²) in [7, 11) is 0. The minimum Gasteiger partial charge on any atom is -0.372 e. The zero-order chi connectivity index (χ0) is 12.1. The van der Waals surface area contributed by atoms with Gasteiger partial charge in [-0.15, -0.1) is 0 Å². The van der Waals surface area contributed by atoms with Crippen molar-refractivity contribution in [3.05, 3.63) is 16.9 Å². The molecule has 1 N–H and O–H groups in total. The fourth-order valence-corrected chi connectivity index (χ4v) is 2.48. The Labute approximate surface area is 111 Å². The van der Waals surface area contributed by atoms with E-state index in [1.165, 1.54) is 6.42 Å². The number of nitrogens with zero attached hydrogens (tertiary/aromatic N) is 2. The van der Waals surface area contributed by atoms with Gasteiger partial charge in [-0.3, -0.25) is 4.68 Å². The molecule has 0 spiro atoms. The molecule has 1 saturated heterocycles. The molecule has 0 bridgehead atoms. The first kappa shape index (κ1) is 13.1. The molecule has 2 rings (SSSR count). The summed E-state index contributed by atoms with van der Waals surface area (Å²) >= 11 is 3.40. The predicted molar refractivity (Wildman–Crippen MR) is 71.0 cm³/mol. The molecule has 2 unspecified atom stereocenters. The summed E-state index contributed by atoms with van der Waals surface area (Å²) in [4.78, 5) is 0. The number of hydrogen-bond donors (Lipinski definition) is 1. The van der Waals surface area contributed by atoms with E-state index in [4.69, 9.17) is 4.74 Å². The van der Waals surface area contributed by atoms with Crippen LogP contribution in [0.1, 0.15) is 26.2 Å². The lowest BCUT2D eigenvalue weighted by Crippen LogP contribution is -2.28. The van der Waals surface area contributed by atoms with Gasteiger partial charge in [-0.2, -0.15) is 5.10 Å². The lowest BCUT2D eigenvalue weighted by Gasteiger charge is -2.14. The van der Waals surface area contributed by atoms with Crippen LogP contribution in [0.15, 0.2) is 16.9 Å². The average molecular weight is 302 g/mol. The van der Waals surface area contributed by atoms with Crippen LogP contribution in [0.4, 0.5) is 0 Å². The summed E-state index contributed by atoms with van der Waals surface area (Å²) in [5, 5.41) is 7.66. The van der Waals surface area contributed by atoms with Crippen LogP contribution in [0.25, 0.3) is 0 Å². The van der Waals surface area contributed by atoms with Gasteiger partial charge in [0.2, 0.25) is 0 Å². The van der Waals surface area contributed by atoms with Gasteiger partial charge in [-0.1, -0.05) is 6.92 Å².